The van der Waals surface area contributed by atoms with Crippen LogP contribution < -0.4 is 9.04 Å². The van der Waals surface area contributed by atoms with Crippen LogP contribution in [0.15, 0.2) is 57.9 Å². The number of aliphatic carboxylic acids is 1. The molecule has 128 valence electrons. The van der Waals surface area contributed by atoms with E-state index in [-0.39, 0.29) is 10.6 Å². The van der Waals surface area contributed by atoms with E-state index < -0.39 is 22.5 Å². The molecule has 2 rings (SSSR count). The first-order chi connectivity index (χ1) is 11.3. The maximum absolute atomic E-state index is 12.9. The zero-order valence-corrected chi connectivity index (χ0v) is 15.2. The summed E-state index contributed by atoms with van der Waals surface area (Å²) in [5, 5.41) is 9.13. The second-order valence-electron chi connectivity index (χ2n) is 4.79. The van der Waals surface area contributed by atoms with Crippen molar-refractivity contribution >= 4 is 37.6 Å². The van der Waals surface area contributed by atoms with Crippen LogP contribution in [-0.2, 0) is 14.8 Å². The van der Waals surface area contributed by atoms with Crippen LogP contribution in [0.25, 0.3) is 0 Å². The minimum atomic E-state index is -4.02. The Morgan fingerprint density at radius 3 is 2.46 bits per heavy atom. The van der Waals surface area contributed by atoms with E-state index in [9.17, 15) is 13.2 Å². The highest BCUT2D eigenvalue weighted by Crippen LogP contribution is 2.27. The summed E-state index contributed by atoms with van der Waals surface area (Å²) in [4.78, 5) is 11.2. The molecule has 2 aromatic carbocycles. The minimum Gasteiger partial charge on any atom is -0.494 e. The van der Waals surface area contributed by atoms with E-state index in [0.717, 1.165) is 8.78 Å². The van der Waals surface area contributed by atoms with Gasteiger partial charge in [-0.1, -0.05) is 22.0 Å². The molecule has 24 heavy (non-hydrogen) atoms. The number of rotatable bonds is 7. The number of carboxylic acids is 1. The summed E-state index contributed by atoms with van der Waals surface area (Å²) >= 11 is 3.24. The van der Waals surface area contributed by atoms with Gasteiger partial charge in [-0.25, -0.2) is 8.42 Å². The molecule has 1 N–H and O–H groups in total. The first-order valence-corrected chi connectivity index (χ1v) is 9.31. The smallest absolute Gasteiger partial charge is 0.324 e. The lowest BCUT2D eigenvalue weighted by molar-refractivity contribution is -0.135. The van der Waals surface area contributed by atoms with Crippen LogP contribution in [0.1, 0.15) is 6.92 Å². The highest BCUT2D eigenvalue weighted by Gasteiger charge is 2.27. The van der Waals surface area contributed by atoms with Gasteiger partial charge >= 0.3 is 5.97 Å². The molecule has 0 saturated heterocycles. The molecule has 0 aromatic heterocycles. The topological polar surface area (TPSA) is 83.9 Å². The van der Waals surface area contributed by atoms with Gasteiger partial charge in [0.05, 0.1) is 17.2 Å². The molecule has 2 aromatic rings. The molecule has 0 atom stereocenters. The Bertz CT molecular complexity index is 821. The predicted octanol–water partition coefficient (Wildman–Crippen LogP) is 3.13. The summed E-state index contributed by atoms with van der Waals surface area (Å²) in [6, 6.07) is 12.3. The number of hydrogen-bond donors (Lipinski definition) is 1. The van der Waals surface area contributed by atoms with Gasteiger partial charge < -0.3 is 9.84 Å². The van der Waals surface area contributed by atoms with Crippen molar-refractivity contribution < 1.29 is 23.1 Å². The van der Waals surface area contributed by atoms with Gasteiger partial charge in [-0.15, -0.1) is 0 Å². The van der Waals surface area contributed by atoms with Gasteiger partial charge in [0.2, 0.25) is 0 Å². The van der Waals surface area contributed by atoms with E-state index in [4.69, 9.17) is 9.84 Å². The van der Waals surface area contributed by atoms with E-state index in [1.807, 2.05) is 0 Å². The predicted molar refractivity (Wildman–Crippen MR) is 93.9 cm³/mol. The number of ether oxygens (including phenoxy) is 1. The molecule has 6 nitrogen and oxygen atoms in total. The van der Waals surface area contributed by atoms with Crippen molar-refractivity contribution in [3.63, 3.8) is 0 Å². The number of nitrogens with zero attached hydrogens (tertiary/aromatic N) is 1. The van der Waals surface area contributed by atoms with E-state index in [1.54, 1.807) is 31.2 Å². The number of halogens is 1. The normalized spacial score (nSPS) is 11.1. The molecule has 0 spiro atoms. The number of carbonyl (C=O) groups is 1. The SMILES string of the molecule is CCOc1cccc(N(CC(=O)O)S(=O)(=O)c2ccc(Br)cc2)c1. The molecule has 0 bridgehead atoms. The molecule has 0 heterocycles. The quantitative estimate of drug-likeness (QED) is 0.753. The Morgan fingerprint density at radius 2 is 1.88 bits per heavy atom. The van der Waals surface area contributed by atoms with Gasteiger partial charge in [0.15, 0.2) is 0 Å². The van der Waals surface area contributed by atoms with Crippen molar-refractivity contribution in [3.8, 4) is 5.75 Å². The Kier molecular flexibility index (Phi) is 5.84. The molecule has 0 saturated carbocycles. The van der Waals surface area contributed by atoms with Crippen LogP contribution in [-0.4, -0.2) is 32.6 Å². The molecule has 0 unspecified atom stereocenters. The van der Waals surface area contributed by atoms with Crippen LogP contribution in [0.2, 0.25) is 0 Å². The first kappa shape index (κ1) is 18.3. The first-order valence-electron chi connectivity index (χ1n) is 7.07. The van der Waals surface area contributed by atoms with Gasteiger partial charge in [0.1, 0.15) is 12.3 Å². The summed E-state index contributed by atoms with van der Waals surface area (Å²) in [5.41, 5.74) is 0.228. The maximum Gasteiger partial charge on any atom is 0.324 e. The fourth-order valence-corrected chi connectivity index (χ4v) is 3.74. The highest BCUT2D eigenvalue weighted by molar-refractivity contribution is 9.10. The second-order valence-corrected chi connectivity index (χ2v) is 7.57. The number of carboxylic acid groups (broad SMARTS) is 1. The Balaban J connectivity index is 2.50. The molecule has 8 heteroatoms. The molecule has 0 aliphatic heterocycles. The van der Waals surface area contributed by atoms with Crippen LogP contribution in [0.5, 0.6) is 5.75 Å². The number of hydrogen-bond acceptors (Lipinski definition) is 4. The van der Waals surface area contributed by atoms with Gasteiger partial charge in [0.25, 0.3) is 10.0 Å². The maximum atomic E-state index is 12.9. The summed E-state index contributed by atoms with van der Waals surface area (Å²) < 4.78 is 32.6. The van der Waals surface area contributed by atoms with E-state index >= 15 is 0 Å². The standard InChI is InChI=1S/C16H16BrNO5S/c1-2-23-14-5-3-4-13(10-14)18(11-16(19)20)24(21,22)15-8-6-12(17)7-9-15/h3-10H,2,11H2,1H3,(H,19,20). The lowest BCUT2D eigenvalue weighted by Gasteiger charge is -2.23. The summed E-state index contributed by atoms with van der Waals surface area (Å²) in [5.74, 6) is -0.783. The average Bonchev–Trinajstić information content (AvgIpc) is 2.53. The molecule has 0 aliphatic carbocycles. The second kappa shape index (κ2) is 7.67. The summed E-state index contributed by atoms with van der Waals surface area (Å²) in [7, 11) is -4.02. The molecular formula is C16H16BrNO5S. The Labute approximate surface area is 148 Å². The monoisotopic (exact) mass is 413 g/mol. The fraction of sp³-hybridized carbons (Fsp3) is 0.188. The number of anilines is 1. The highest BCUT2D eigenvalue weighted by atomic mass is 79.9. The third-order valence-electron chi connectivity index (χ3n) is 3.10. The third kappa shape index (κ3) is 4.27. The van der Waals surface area contributed by atoms with Crippen LogP contribution in [0.4, 0.5) is 5.69 Å². The largest absolute Gasteiger partial charge is 0.494 e. The zero-order valence-electron chi connectivity index (χ0n) is 12.8. The Morgan fingerprint density at radius 1 is 1.21 bits per heavy atom. The minimum absolute atomic E-state index is 0.00811. The fourth-order valence-electron chi connectivity index (χ4n) is 2.07. The number of sulfonamides is 1. The molecule has 0 aliphatic rings. The van der Waals surface area contributed by atoms with Crippen molar-refractivity contribution in [2.45, 2.75) is 11.8 Å². The van der Waals surface area contributed by atoms with Gasteiger partial charge in [-0.2, -0.15) is 0 Å². The van der Waals surface area contributed by atoms with Crippen LogP contribution in [0.3, 0.4) is 0 Å². The zero-order chi connectivity index (χ0) is 17.7. The molecular weight excluding hydrogens is 398 g/mol. The summed E-state index contributed by atoms with van der Waals surface area (Å²) in [6.07, 6.45) is 0. The van der Waals surface area contributed by atoms with Crippen molar-refractivity contribution in [2.75, 3.05) is 17.5 Å². The van der Waals surface area contributed by atoms with Crippen LogP contribution >= 0.6 is 15.9 Å². The summed E-state index contributed by atoms with van der Waals surface area (Å²) in [6.45, 7) is 1.54. The molecule has 0 radical (unpaired) electrons. The van der Waals surface area contributed by atoms with Gasteiger partial charge in [0, 0.05) is 10.5 Å². The lowest BCUT2D eigenvalue weighted by atomic mass is 10.3. The van der Waals surface area contributed by atoms with Crippen molar-refractivity contribution in [1.29, 1.82) is 0 Å². The average molecular weight is 414 g/mol. The molecule has 0 fully saturated rings. The van der Waals surface area contributed by atoms with Crippen molar-refractivity contribution in [2.24, 2.45) is 0 Å². The van der Waals surface area contributed by atoms with Crippen LogP contribution in [0, 0.1) is 0 Å². The van der Waals surface area contributed by atoms with E-state index in [1.165, 1.54) is 24.3 Å². The Hall–Kier alpha value is -2.06. The van der Waals surface area contributed by atoms with E-state index in [0.29, 0.717) is 12.4 Å². The van der Waals surface area contributed by atoms with Gasteiger partial charge in [-0.3, -0.25) is 9.10 Å². The van der Waals surface area contributed by atoms with Crippen molar-refractivity contribution in [1.82, 2.24) is 0 Å². The third-order valence-corrected chi connectivity index (χ3v) is 5.41. The van der Waals surface area contributed by atoms with E-state index in [2.05, 4.69) is 15.9 Å². The van der Waals surface area contributed by atoms with Crippen molar-refractivity contribution in [3.05, 3.63) is 53.0 Å². The van der Waals surface area contributed by atoms with Gasteiger partial charge in [-0.05, 0) is 43.3 Å². The molecule has 0 amide bonds. The number of benzene rings is 2. The lowest BCUT2D eigenvalue weighted by Crippen LogP contribution is -2.35.